The van der Waals surface area contributed by atoms with Crippen molar-refractivity contribution in [3.63, 3.8) is 0 Å². The van der Waals surface area contributed by atoms with Gasteiger partial charge in [-0.25, -0.2) is 0 Å². The lowest BCUT2D eigenvalue weighted by molar-refractivity contribution is 0.272. The van der Waals surface area contributed by atoms with Gasteiger partial charge in [0.25, 0.3) is 0 Å². The van der Waals surface area contributed by atoms with Gasteiger partial charge >= 0.3 is 0 Å². The number of benzene rings is 1. The van der Waals surface area contributed by atoms with Crippen LogP contribution in [-0.2, 0) is 0 Å². The van der Waals surface area contributed by atoms with Gasteiger partial charge in [-0.2, -0.15) is 0 Å². The fourth-order valence-electron chi connectivity index (χ4n) is 1.76. The standard InChI is InChI=1S/C17H24O/c1-2-3-4-5-6-10-13-17(18)15-14-16-11-8-7-9-12-16/h7-15,17-18H,2-6H2,1H3/b13-10+,15-14+/t17-/m1/s1. The Morgan fingerprint density at radius 1 is 1.06 bits per heavy atom. The van der Waals surface area contributed by atoms with Gasteiger partial charge in [-0.15, -0.1) is 0 Å². The van der Waals surface area contributed by atoms with E-state index in [1.807, 2.05) is 48.6 Å². The first-order valence-corrected chi connectivity index (χ1v) is 6.91. The Bertz CT molecular complexity index is 351. The fourth-order valence-corrected chi connectivity index (χ4v) is 1.76. The van der Waals surface area contributed by atoms with Crippen molar-refractivity contribution in [2.45, 2.75) is 45.1 Å². The third-order valence-electron chi connectivity index (χ3n) is 2.84. The van der Waals surface area contributed by atoms with Crippen molar-refractivity contribution in [1.82, 2.24) is 0 Å². The van der Waals surface area contributed by atoms with Gasteiger partial charge < -0.3 is 5.11 Å². The Balaban J connectivity index is 2.22. The summed E-state index contributed by atoms with van der Waals surface area (Å²) in [5.41, 5.74) is 1.12. The second kappa shape index (κ2) is 9.67. The van der Waals surface area contributed by atoms with Gasteiger partial charge in [-0.1, -0.05) is 80.8 Å². The van der Waals surface area contributed by atoms with E-state index in [9.17, 15) is 5.11 Å². The molecule has 0 aliphatic heterocycles. The lowest BCUT2D eigenvalue weighted by atomic mass is 10.1. The molecule has 1 rings (SSSR count). The first-order chi connectivity index (χ1) is 8.83. The van der Waals surface area contributed by atoms with Crippen LogP contribution in [0.2, 0.25) is 0 Å². The quantitative estimate of drug-likeness (QED) is 0.524. The Morgan fingerprint density at radius 3 is 2.56 bits per heavy atom. The average molecular weight is 244 g/mol. The van der Waals surface area contributed by atoms with E-state index in [0.29, 0.717) is 0 Å². The summed E-state index contributed by atoms with van der Waals surface area (Å²) in [5, 5.41) is 9.74. The van der Waals surface area contributed by atoms with Gasteiger partial charge in [-0.05, 0) is 18.4 Å². The van der Waals surface area contributed by atoms with Crippen LogP contribution in [0.1, 0.15) is 44.6 Å². The van der Waals surface area contributed by atoms with Crippen molar-refractivity contribution in [3.05, 3.63) is 54.1 Å². The molecule has 98 valence electrons. The maximum Gasteiger partial charge on any atom is 0.0905 e. The first-order valence-electron chi connectivity index (χ1n) is 6.91. The molecule has 1 atom stereocenters. The molecule has 0 radical (unpaired) electrons. The summed E-state index contributed by atoms with van der Waals surface area (Å²) in [7, 11) is 0. The van der Waals surface area contributed by atoms with E-state index in [-0.39, 0.29) is 0 Å². The zero-order valence-corrected chi connectivity index (χ0v) is 11.3. The third kappa shape index (κ3) is 7.08. The van der Waals surface area contributed by atoms with Crippen LogP contribution in [0.3, 0.4) is 0 Å². The molecule has 1 N–H and O–H groups in total. The summed E-state index contributed by atoms with van der Waals surface area (Å²) in [6.07, 6.45) is 13.4. The van der Waals surface area contributed by atoms with Crippen LogP contribution in [0.4, 0.5) is 0 Å². The van der Waals surface area contributed by atoms with Crippen LogP contribution in [-0.4, -0.2) is 11.2 Å². The van der Waals surface area contributed by atoms with E-state index in [1.165, 1.54) is 25.7 Å². The maximum absolute atomic E-state index is 9.74. The highest BCUT2D eigenvalue weighted by atomic mass is 16.3. The molecule has 1 heteroatoms. The number of hydrogen-bond donors (Lipinski definition) is 1. The molecule has 1 aromatic carbocycles. The predicted molar refractivity (Wildman–Crippen MR) is 79.4 cm³/mol. The molecular formula is C17H24O. The minimum Gasteiger partial charge on any atom is -0.385 e. The number of hydrogen-bond acceptors (Lipinski definition) is 1. The molecule has 0 heterocycles. The van der Waals surface area contributed by atoms with E-state index in [1.54, 1.807) is 0 Å². The molecule has 0 amide bonds. The molecule has 0 fully saturated rings. The van der Waals surface area contributed by atoms with Gasteiger partial charge in [0.05, 0.1) is 6.10 Å². The van der Waals surface area contributed by atoms with E-state index >= 15 is 0 Å². The predicted octanol–water partition coefficient (Wildman–Crippen LogP) is 4.59. The molecule has 0 bridgehead atoms. The second-order valence-electron chi connectivity index (χ2n) is 4.54. The lowest BCUT2D eigenvalue weighted by Crippen LogP contribution is -1.95. The summed E-state index contributed by atoms with van der Waals surface area (Å²) in [4.78, 5) is 0. The van der Waals surface area contributed by atoms with Gasteiger partial charge in [0, 0.05) is 0 Å². The maximum atomic E-state index is 9.74. The third-order valence-corrected chi connectivity index (χ3v) is 2.84. The molecule has 0 aliphatic rings. The summed E-state index contributed by atoms with van der Waals surface area (Å²) in [5.74, 6) is 0. The number of aliphatic hydroxyl groups excluding tert-OH is 1. The van der Waals surface area contributed by atoms with Crippen LogP contribution < -0.4 is 0 Å². The molecule has 0 aliphatic carbocycles. The Morgan fingerprint density at radius 2 is 1.83 bits per heavy atom. The van der Waals surface area contributed by atoms with Crippen LogP contribution >= 0.6 is 0 Å². The first kappa shape index (κ1) is 14.7. The number of rotatable bonds is 8. The van der Waals surface area contributed by atoms with Gasteiger partial charge in [0.1, 0.15) is 0 Å². The van der Waals surface area contributed by atoms with Gasteiger partial charge in [0.15, 0.2) is 0 Å². The average Bonchev–Trinajstić information content (AvgIpc) is 2.41. The van der Waals surface area contributed by atoms with Crippen LogP contribution in [0.15, 0.2) is 48.6 Å². The zero-order chi connectivity index (χ0) is 13.1. The van der Waals surface area contributed by atoms with Crippen molar-refractivity contribution in [3.8, 4) is 0 Å². The van der Waals surface area contributed by atoms with Crippen molar-refractivity contribution in [2.75, 3.05) is 0 Å². The van der Waals surface area contributed by atoms with Gasteiger partial charge in [-0.3, -0.25) is 0 Å². The largest absolute Gasteiger partial charge is 0.385 e. The van der Waals surface area contributed by atoms with Crippen LogP contribution in [0, 0.1) is 0 Å². The van der Waals surface area contributed by atoms with E-state index in [4.69, 9.17) is 0 Å². The topological polar surface area (TPSA) is 20.2 Å². The molecule has 0 unspecified atom stereocenters. The molecular weight excluding hydrogens is 220 g/mol. The number of unbranched alkanes of at least 4 members (excludes halogenated alkanes) is 4. The molecule has 1 nitrogen and oxygen atoms in total. The Labute approximate surface area is 111 Å². The molecule has 0 spiro atoms. The highest BCUT2D eigenvalue weighted by Crippen LogP contribution is 2.05. The van der Waals surface area contributed by atoms with Crippen LogP contribution in [0.5, 0.6) is 0 Å². The highest BCUT2D eigenvalue weighted by molar-refractivity contribution is 5.49. The molecule has 0 saturated carbocycles. The number of aliphatic hydroxyl groups is 1. The smallest absolute Gasteiger partial charge is 0.0905 e. The minimum atomic E-state index is -0.476. The highest BCUT2D eigenvalue weighted by Gasteiger charge is 1.91. The van der Waals surface area contributed by atoms with Crippen molar-refractivity contribution in [1.29, 1.82) is 0 Å². The Kier molecular flexibility index (Phi) is 7.90. The zero-order valence-electron chi connectivity index (χ0n) is 11.3. The summed E-state index contributed by atoms with van der Waals surface area (Å²) in [6, 6.07) is 10.0. The fraction of sp³-hybridized carbons (Fsp3) is 0.412. The van der Waals surface area contributed by atoms with E-state index in [2.05, 4.69) is 13.0 Å². The summed E-state index contributed by atoms with van der Waals surface area (Å²) < 4.78 is 0. The normalized spacial score (nSPS) is 13.4. The minimum absolute atomic E-state index is 0.476. The van der Waals surface area contributed by atoms with E-state index in [0.717, 1.165) is 12.0 Å². The van der Waals surface area contributed by atoms with Crippen molar-refractivity contribution >= 4 is 6.08 Å². The monoisotopic (exact) mass is 244 g/mol. The second-order valence-corrected chi connectivity index (χ2v) is 4.54. The van der Waals surface area contributed by atoms with Crippen molar-refractivity contribution < 1.29 is 5.11 Å². The van der Waals surface area contributed by atoms with E-state index < -0.39 is 6.10 Å². The molecule has 0 saturated heterocycles. The van der Waals surface area contributed by atoms with Crippen LogP contribution in [0.25, 0.3) is 6.08 Å². The van der Waals surface area contributed by atoms with Crippen molar-refractivity contribution in [2.24, 2.45) is 0 Å². The SMILES string of the molecule is CCCCCC/C=C/[C@@H](O)/C=C/c1ccccc1. The number of allylic oxidation sites excluding steroid dienone is 1. The Hall–Kier alpha value is -1.34. The molecule has 1 aromatic rings. The molecule has 0 aromatic heterocycles. The van der Waals surface area contributed by atoms with Gasteiger partial charge in [0.2, 0.25) is 0 Å². The summed E-state index contributed by atoms with van der Waals surface area (Å²) >= 11 is 0. The molecule has 18 heavy (non-hydrogen) atoms. The summed E-state index contributed by atoms with van der Waals surface area (Å²) in [6.45, 7) is 2.22. The lowest BCUT2D eigenvalue weighted by Gasteiger charge is -1.98.